The van der Waals surface area contributed by atoms with Crippen LogP contribution in [0, 0.1) is 12.8 Å². The number of hydrogen-bond donors (Lipinski definition) is 1. The molecule has 1 unspecified atom stereocenters. The summed E-state index contributed by atoms with van der Waals surface area (Å²) >= 11 is 19.4. The second-order valence-electron chi connectivity index (χ2n) is 11.3. The molecule has 0 saturated carbocycles. The number of aryl methyl sites for hydroxylation is 1. The summed E-state index contributed by atoms with van der Waals surface area (Å²) < 4.78 is 29.4. The van der Waals surface area contributed by atoms with E-state index in [2.05, 4.69) is 5.32 Å². The predicted octanol–water partition coefficient (Wildman–Crippen LogP) is 7.56. The third-order valence-corrected chi connectivity index (χ3v) is 10.1. The Labute approximate surface area is 286 Å². The van der Waals surface area contributed by atoms with Crippen LogP contribution in [0.25, 0.3) is 0 Å². The van der Waals surface area contributed by atoms with E-state index in [-0.39, 0.29) is 35.4 Å². The van der Waals surface area contributed by atoms with Crippen LogP contribution in [0.15, 0.2) is 102 Å². The maximum atomic E-state index is 14.6. The average Bonchev–Trinajstić information content (AvgIpc) is 3.02. The number of halogens is 3. The Morgan fingerprint density at radius 1 is 0.826 bits per heavy atom. The van der Waals surface area contributed by atoms with Gasteiger partial charge in [-0.1, -0.05) is 103 Å². The molecule has 0 saturated heterocycles. The highest BCUT2D eigenvalue weighted by atomic mass is 35.5. The van der Waals surface area contributed by atoms with Crippen LogP contribution >= 0.6 is 34.8 Å². The van der Waals surface area contributed by atoms with E-state index in [1.54, 1.807) is 61.5 Å². The Balaban J connectivity index is 1.85. The SMILES string of the molecule is Cc1cc(Cl)ccc1N(CC(=O)N(Cc1c(Cl)cccc1Cl)C(Cc1ccccc1)C(=O)NCC(C)C)S(=O)(=O)c1ccccc1. The van der Waals surface area contributed by atoms with Gasteiger partial charge in [-0.25, -0.2) is 8.42 Å². The van der Waals surface area contributed by atoms with E-state index in [9.17, 15) is 18.0 Å². The van der Waals surface area contributed by atoms with E-state index >= 15 is 0 Å². The van der Waals surface area contributed by atoms with Gasteiger partial charge in [-0.15, -0.1) is 0 Å². The number of nitrogens with one attached hydrogen (secondary N) is 1. The summed E-state index contributed by atoms with van der Waals surface area (Å²) in [6.45, 7) is 5.31. The Bertz CT molecular complexity index is 1750. The minimum Gasteiger partial charge on any atom is -0.354 e. The molecule has 0 aliphatic carbocycles. The molecule has 0 fully saturated rings. The third-order valence-electron chi connectivity index (χ3n) is 7.38. The van der Waals surface area contributed by atoms with Crippen molar-refractivity contribution in [1.29, 1.82) is 0 Å². The lowest BCUT2D eigenvalue weighted by Crippen LogP contribution is -2.54. The molecule has 2 amide bonds. The highest BCUT2D eigenvalue weighted by Gasteiger charge is 2.35. The van der Waals surface area contributed by atoms with Gasteiger partial charge >= 0.3 is 0 Å². The van der Waals surface area contributed by atoms with Gasteiger partial charge in [0.05, 0.1) is 10.6 Å². The topological polar surface area (TPSA) is 86.8 Å². The number of rotatable bonds is 13. The van der Waals surface area contributed by atoms with Crippen molar-refractivity contribution in [2.75, 3.05) is 17.4 Å². The van der Waals surface area contributed by atoms with Crippen molar-refractivity contribution in [2.24, 2.45) is 5.92 Å². The molecule has 4 aromatic rings. The van der Waals surface area contributed by atoms with E-state index in [0.29, 0.717) is 32.7 Å². The molecule has 46 heavy (non-hydrogen) atoms. The lowest BCUT2D eigenvalue weighted by Gasteiger charge is -2.34. The second kappa shape index (κ2) is 15.8. The van der Waals surface area contributed by atoms with E-state index < -0.39 is 28.5 Å². The molecule has 1 N–H and O–H groups in total. The molecule has 11 heteroatoms. The molecule has 0 spiro atoms. The second-order valence-corrected chi connectivity index (χ2v) is 14.4. The number of carbonyl (C=O) groups is 2. The predicted molar refractivity (Wildman–Crippen MR) is 186 cm³/mol. The van der Waals surface area contributed by atoms with Gasteiger partial charge in [0.2, 0.25) is 11.8 Å². The maximum Gasteiger partial charge on any atom is 0.264 e. The fraction of sp³-hybridized carbons (Fsp3) is 0.257. The van der Waals surface area contributed by atoms with Gasteiger partial charge in [0.15, 0.2) is 0 Å². The molecule has 0 heterocycles. The van der Waals surface area contributed by atoms with Crippen molar-refractivity contribution in [3.63, 3.8) is 0 Å². The first-order chi connectivity index (χ1) is 21.9. The van der Waals surface area contributed by atoms with Crippen molar-refractivity contribution in [3.8, 4) is 0 Å². The number of amides is 2. The number of sulfonamides is 1. The summed E-state index contributed by atoms with van der Waals surface area (Å²) in [4.78, 5) is 29.9. The normalized spacial score (nSPS) is 12.1. The van der Waals surface area contributed by atoms with Crippen LogP contribution in [0.5, 0.6) is 0 Å². The van der Waals surface area contributed by atoms with Gasteiger partial charge in [-0.3, -0.25) is 13.9 Å². The van der Waals surface area contributed by atoms with Gasteiger partial charge in [0, 0.05) is 40.1 Å². The minimum atomic E-state index is -4.24. The van der Waals surface area contributed by atoms with Gasteiger partial charge in [-0.2, -0.15) is 0 Å². The van der Waals surface area contributed by atoms with Gasteiger partial charge in [-0.05, 0) is 66.4 Å². The molecule has 0 aliphatic heterocycles. The van der Waals surface area contributed by atoms with Crippen LogP contribution in [0.2, 0.25) is 15.1 Å². The lowest BCUT2D eigenvalue weighted by atomic mass is 10.0. The zero-order valence-corrected chi connectivity index (χ0v) is 28.9. The fourth-order valence-electron chi connectivity index (χ4n) is 4.96. The highest BCUT2D eigenvalue weighted by Crippen LogP contribution is 2.31. The monoisotopic (exact) mass is 699 g/mol. The molecule has 1 atom stereocenters. The summed E-state index contributed by atoms with van der Waals surface area (Å²) in [7, 11) is -4.24. The Kier molecular flexibility index (Phi) is 12.1. The molecule has 4 aromatic carbocycles. The molecule has 0 aromatic heterocycles. The molecule has 7 nitrogen and oxygen atoms in total. The zero-order valence-electron chi connectivity index (χ0n) is 25.8. The van der Waals surface area contributed by atoms with Gasteiger partial charge in [0.25, 0.3) is 10.0 Å². The van der Waals surface area contributed by atoms with Crippen LogP contribution in [-0.4, -0.2) is 44.3 Å². The summed E-state index contributed by atoms with van der Waals surface area (Å²) in [6.07, 6.45) is 0.171. The molecule has 242 valence electrons. The summed E-state index contributed by atoms with van der Waals surface area (Å²) in [5.41, 5.74) is 2.09. The smallest absolute Gasteiger partial charge is 0.264 e. The first-order valence-corrected chi connectivity index (χ1v) is 17.3. The molecular weight excluding hydrogens is 665 g/mol. The average molecular weight is 701 g/mol. The molecule has 0 bridgehead atoms. The Morgan fingerprint density at radius 2 is 1.43 bits per heavy atom. The van der Waals surface area contributed by atoms with Crippen LogP contribution < -0.4 is 9.62 Å². The van der Waals surface area contributed by atoms with Gasteiger partial charge in [0.1, 0.15) is 12.6 Å². The summed E-state index contributed by atoms with van der Waals surface area (Å²) in [6, 6.07) is 25.9. The van der Waals surface area contributed by atoms with Gasteiger partial charge < -0.3 is 10.2 Å². The van der Waals surface area contributed by atoms with Crippen molar-refractivity contribution >= 4 is 62.3 Å². The summed E-state index contributed by atoms with van der Waals surface area (Å²) in [5.74, 6) is -0.845. The van der Waals surface area contributed by atoms with Crippen LogP contribution in [-0.2, 0) is 32.6 Å². The number of nitrogens with zero attached hydrogens (tertiary/aromatic N) is 2. The standard InChI is InChI=1S/C35H36Cl3N3O4S/c1-24(2)21-39-35(43)33(20-26-11-6-4-7-12-26)40(22-29-30(37)15-10-16-31(29)38)34(42)23-41(32-18-17-27(36)19-25(32)3)46(44,45)28-13-8-5-9-14-28/h4-19,24,33H,20-23H2,1-3H3,(H,39,43). The van der Waals surface area contributed by atoms with Crippen LogP contribution in [0.1, 0.15) is 30.5 Å². The molecular formula is C35H36Cl3N3O4S. The third kappa shape index (κ3) is 8.82. The number of anilines is 1. The van der Waals surface area contributed by atoms with E-state index in [1.165, 1.54) is 17.0 Å². The van der Waals surface area contributed by atoms with Crippen LogP contribution in [0.4, 0.5) is 5.69 Å². The highest BCUT2D eigenvalue weighted by molar-refractivity contribution is 7.92. The quantitative estimate of drug-likeness (QED) is 0.156. The summed E-state index contributed by atoms with van der Waals surface area (Å²) in [5, 5.41) is 4.01. The molecule has 0 radical (unpaired) electrons. The Morgan fingerprint density at radius 3 is 2.02 bits per heavy atom. The maximum absolute atomic E-state index is 14.6. The molecule has 0 aliphatic rings. The number of hydrogen-bond acceptors (Lipinski definition) is 4. The van der Waals surface area contributed by atoms with Crippen LogP contribution in [0.3, 0.4) is 0 Å². The van der Waals surface area contributed by atoms with Crippen molar-refractivity contribution in [1.82, 2.24) is 10.2 Å². The van der Waals surface area contributed by atoms with Crippen molar-refractivity contribution in [3.05, 3.63) is 129 Å². The fourth-order valence-corrected chi connectivity index (χ4v) is 7.21. The largest absolute Gasteiger partial charge is 0.354 e. The first-order valence-electron chi connectivity index (χ1n) is 14.8. The van der Waals surface area contributed by atoms with Crippen molar-refractivity contribution < 1.29 is 18.0 Å². The van der Waals surface area contributed by atoms with E-state index in [0.717, 1.165) is 9.87 Å². The lowest BCUT2D eigenvalue weighted by molar-refractivity contribution is -0.140. The van der Waals surface area contributed by atoms with Crippen molar-refractivity contribution in [2.45, 2.75) is 44.7 Å². The number of carbonyl (C=O) groups excluding carboxylic acids is 2. The number of benzene rings is 4. The van der Waals surface area contributed by atoms with E-state index in [4.69, 9.17) is 34.8 Å². The van der Waals surface area contributed by atoms with E-state index in [1.807, 2.05) is 44.2 Å². The minimum absolute atomic E-state index is 0.00774. The zero-order chi connectivity index (χ0) is 33.4. The Hall–Kier alpha value is -3.56. The first kappa shape index (κ1) is 35.3. The molecule has 4 rings (SSSR count).